The third-order valence-corrected chi connectivity index (χ3v) is 6.81. The van der Waals surface area contributed by atoms with E-state index >= 15 is 0 Å². The Bertz CT molecular complexity index is 735. The molecule has 0 saturated carbocycles. The fourth-order valence-corrected chi connectivity index (χ4v) is 4.97. The van der Waals surface area contributed by atoms with Crippen LogP contribution in [-0.2, 0) is 24.2 Å². The Kier molecular flexibility index (Phi) is 6.76. The lowest BCUT2D eigenvalue weighted by molar-refractivity contribution is -0.154. The van der Waals surface area contributed by atoms with Crippen LogP contribution in [0.5, 0.6) is 0 Å². The van der Waals surface area contributed by atoms with Crippen LogP contribution in [0.1, 0.15) is 20.3 Å². The normalized spacial score (nSPS) is 21.3. The van der Waals surface area contributed by atoms with Crippen molar-refractivity contribution in [2.45, 2.75) is 42.6 Å². The molecular formula is C16H20ClNO5S2. The van der Waals surface area contributed by atoms with Crippen molar-refractivity contribution >= 4 is 45.1 Å². The smallest absolute Gasteiger partial charge is 0.319 e. The molecule has 1 aliphatic rings. The van der Waals surface area contributed by atoms with Gasteiger partial charge in [0.15, 0.2) is 15.9 Å². The topological polar surface area (TPSA) is 89.5 Å². The molecular weight excluding hydrogens is 386 g/mol. The van der Waals surface area contributed by atoms with Gasteiger partial charge < -0.3 is 10.1 Å². The molecule has 1 saturated heterocycles. The largest absolute Gasteiger partial charge is 0.452 e. The van der Waals surface area contributed by atoms with Gasteiger partial charge in [-0.1, -0.05) is 11.6 Å². The van der Waals surface area contributed by atoms with Crippen molar-refractivity contribution in [3.05, 3.63) is 29.3 Å². The lowest BCUT2D eigenvalue weighted by Gasteiger charge is -2.18. The van der Waals surface area contributed by atoms with Crippen LogP contribution in [0.25, 0.3) is 0 Å². The summed E-state index contributed by atoms with van der Waals surface area (Å²) in [5.41, 5.74) is 0. The first-order valence-corrected chi connectivity index (χ1v) is 10.9. The predicted molar refractivity (Wildman–Crippen MR) is 97.5 cm³/mol. The molecule has 2 rings (SSSR count). The SMILES string of the molecule is C[C@@H](OC(=O)[C@@H](C)Sc1ccc(Cl)cc1)C(=O)N[C@@H]1CCS(=O)(=O)C1. The zero-order valence-electron chi connectivity index (χ0n) is 13.9. The summed E-state index contributed by atoms with van der Waals surface area (Å²) in [6.45, 7) is 3.16. The van der Waals surface area contributed by atoms with Crippen LogP contribution in [-0.4, -0.2) is 49.2 Å². The van der Waals surface area contributed by atoms with Gasteiger partial charge in [0.2, 0.25) is 0 Å². The van der Waals surface area contributed by atoms with E-state index in [1.807, 2.05) is 0 Å². The number of carbonyl (C=O) groups is 2. The fourth-order valence-electron chi connectivity index (χ4n) is 2.32. The van der Waals surface area contributed by atoms with E-state index in [1.54, 1.807) is 31.2 Å². The lowest BCUT2D eigenvalue weighted by atomic mass is 10.2. The fraction of sp³-hybridized carbons (Fsp3) is 0.500. The molecule has 1 aromatic carbocycles. The first kappa shape index (κ1) is 20.1. The maximum absolute atomic E-state index is 12.1. The van der Waals surface area contributed by atoms with Gasteiger partial charge in [-0.15, -0.1) is 11.8 Å². The van der Waals surface area contributed by atoms with Crippen molar-refractivity contribution in [2.24, 2.45) is 0 Å². The van der Waals surface area contributed by atoms with Crippen molar-refractivity contribution in [1.82, 2.24) is 5.32 Å². The van der Waals surface area contributed by atoms with Gasteiger partial charge in [0, 0.05) is 16.0 Å². The van der Waals surface area contributed by atoms with Gasteiger partial charge in [-0.25, -0.2) is 8.42 Å². The van der Waals surface area contributed by atoms with Gasteiger partial charge in [-0.3, -0.25) is 9.59 Å². The first-order valence-electron chi connectivity index (χ1n) is 7.80. The molecule has 138 valence electrons. The Labute approximate surface area is 156 Å². The summed E-state index contributed by atoms with van der Waals surface area (Å²) in [7, 11) is -3.08. The highest BCUT2D eigenvalue weighted by atomic mass is 35.5. The van der Waals surface area contributed by atoms with Crippen molar-refractivity contribution in [1.29, 1.82) is 0 Å². The number of amides is 1. The minimum absolute atomic E-state index is 0.0672. The molecule has 0 radical (unpaired) electrons. The zero-order valence-corrected chi connectivity index (χ0v) is 16.3. The molecule has 25 heavy (non-hydrogen) atoms. The van der Waals surface area contributed by atoms with Gasteiger partial charge in [0.1, 0.15) is 5.25 Å². The van der Waals surface area contributed by atoms with Crippen molar-refractivity contribution in [2.75, 3.05) is 11.5 Å². The second-order valence-electron chi connectivity index (χ2n) is 5.90. The van der Waals surface area contributed by atoms with E-state index in [0.29, 0.717) is 11.4 Å². The number of sulfone groups is 1. The van der Waals surface area contributed by atoms with Gasteiger partial charge >= 0.3 is 5.97 Å². The van der Waals surface area contributed by atoms with E-state index < -0.39 is 39.1 Å². The quantitative estimate of drug-likeness (QED) is 0.575. The molecule has 1 aliphatic heterocycles. The van der Waals surface area contributed by atoms with Crippen LogP contribution in [0.4, 0.5) is 0 Å². The van der Waals surface area contributed by atoms with E-state index in [0.717, 1.165) is 4.90 Å². The summed E-state index contributed by atoms with van der Waals surface area (Å²) in [5, 5.41) is 2.73. The van der Waals surface area contributed by atoms with Gasteiger partial charge in [-0.05, 0) is 44.5 Å². The number of hydrogen-bond acceptors (Lipinski definition) is 6. The summed E-state index contributed by atoms with van der Waals surface area (Å²) in [6.07, 6.45) is -0.596. The third-order valence-electron chi connectivity index (χ3n) is 3.70. The van der Waals surface area contributed by atoms with E-state index in [9.17, 15) is 18.0 Å². The average Bonchev–Trinajstić information content (AvgIpc) is 2.88. The Morgan fingerprint density at radius 2 is 1.92 bits per heavy atom. The molecule has 1 amide bonds. The van der Waals surface area contributed by atoms with Crippen molar-refractivity contribution in [3.8, 4) is 0 Å². The van der Waals surface area contributed by atoms with Crippen LogP contribution in [0.3, 0.4) is 0 Å². The van der Waals surface area contributed by atoms with Crippen LogP contribution in [0, 0.1) is 0 Å². The van der Waals surface area contributed by atoms with Gasteiger partial charge in [0.25, 0.3) is 5.91 Å². The number of thioether (sulfide) groups is 1. The highest BCUT2D eigenvalue weighted by Gasteiger charge is 2.31. The monoisotopic (exact) mass is 405 g/mol. The Morgan fingerprint density at radius 1 is 1.28 bits per heavy atom. The molecule has 0 bridgehead atoms. The second kappa shape index (κ2) is 8.42. The second-order valence-corrected chi connectivity index (χ2v) is 9.98. The van der Waals surface area contributed by atoms with Crippen molar-refractivity contribution in [3.63, 3.8) is 0 Å². The number of carbonyl (C=O) groups excluding carboxylic acids is 2. The predicted octanol–water partition coefficient (Wildman–Crippen LogP) is 2.06. The highest BCUT2D eigenvalue weighted by Crippen LogP contribution is 2.25. The van der Waals surface area contributed by atoms with Gasteiger partial charge in [-0.2, -0.15) is 0 Å². The highest BCUT2D eigenvalue weighted by molar-refractivity contribution is 8.00. The maximum atomic E-state index is 12.1. The summed E-state index contributed by atoms with van der Waals surface area (Å²) >= 11 is 7.12. The summed E-state index contributed by atoms with van der Waals surface area (Å²) in [5.74, 6) is -0.996. The number of hydrogen-bond donors (Lipinski definition) is 1. The number of ether oxygens (including phenoxy) is 1. The van der Waals surface area contributed by atoms with E-state index in [4.69, 9.17) is 16.3 Å². The molecule has 1 heterocycles. The van der Waals surface area contributed by atoms with E-state index in [1.165, 1.54) is 18.7 Å². The molecule has 0 unspecified atom stereocenters. The lowest BCUT2D eigenvalue weighted by Crippen LogP contribution is -2.43. The summed E-state index contributed by atoms with van der Waals surface area (Å²) in [4.78, 5) is 25.0. The molecule has 1 fully saturated rings. The number of esters is 1. The van der Waals surface area contributed by atoms with Crippen LogP contribution in [0.2, 0.25) is 5.02 Å². The third kappa shape index (κ3) is 6.20. The van der Waals surface area contributed by atoms with Crippen molar-refractivity contribution < 1.29 is 22.7 Å². The number of benzene rings is 1. The maximum Gasteiger partial charge on any atom is 0.319 e. The molecule has 6 nitrogen and oxygen atoms in total. The van der Waals surface area contributed by atoms with E-state index in [2.05, 4.69) is 5.32 Å². The van der Waals surface area contributed by atoms with E-state index in [-0.39, 0.29) is 11.5 Å². The summed E-state index contributed by atoms with van der Waals surface area (Å²) < 4.78 is 28.0. The molecule has 1 N–H and O–H groups in total. The molecule has 0 aliphatic carbocycles. The minimum atomic E-state index is -3.08. The zero-order chi connectivity index (χ0) is 18.6. The van der Waals surface area contributed by atoms with Crippen LogP contribution in [0.15, 0.2) is 29.2 Å². The summed E-state index contributed by atoms with van der Waals surface area (Å²) in [6, 6.07) is 6.64. The number of rotatable bonds is 6. The molecule has 3 atom stereocenters. The average molecular weight is 406 g/mol. The minimum Gasteiger partial charge on any atom is -0.452 e. The Balaban J connectivity index is 1.82. The Morgan fingerprint density at radius 3 is 2.48 bits per heavy atom. The van der Waals surface area contributed by atoms with Crippen LogP contribution >= 0.6 is 23.4 Å². The van der Waals surface area contributed by atoms with Gasteiger partial charge in [0.05, 0.1) is 11.5 Å². The Hall–Kier alpha value is -1.25. The molecule has 0 aromatic heterocycles. The molecule has 9 heteroatoms. The number of halogens is 1. The van der Waals surface area contributed by atoms with Crippen LogP contribution < -0.4 is 5.32 Å². The standard InChI is InChI=1S/C16H20ClNO5S2/c1-10(15(19)18-13-7-8-25(21,22)9-13)23-16(20)11(2)24-14-5-3-12(17)4-6-14/h3-6,10-11,13H,7-9H2,1-2H3,(H,18,19)/t10-,11-,13-/m1/s1. The molecule has 0 spiro atoms. The number of nitrogens with one attached hydrogen (secondary N) is 1. The first-order chi connectivity index (χ1) is 11.7. The molecule has 1 aromatic rings.